The molecule has 0 spiro atoms. The zero-order valence-electron chi connectivity index (χ0n) is 82.0. The number of ketones is 3. The molecule has 126 heavy (non-hydrogen) atoms. The van der Waals surface area contributed by atoms with E-state index in [0.717, 1.165) is 263 Å². The maximum atomic E-state index is 13.5. The Morgan fingerprint density at radius 2 is 0.698 bits per heavy atom. The Morgan fingerprint density at radius 3 is 1.09 bits per heavy atom. The maximum absolute atomic E-state index is 13.5. The molecular formula is C109H180N6O11. The first-order valence-corrected chi connectivity index (χ1v) is 53.5. The van der Waals surface area contributed by atoms with Crippen LogP contribution in [0.25, 0.3) is 0 Å². The summed E-state index contributed by atoms with van der Waals surface area (Å²) in [7, 11) is 0. The van der Waals surface area contributed by atoms with Gasteiger partial charge in [0.05, 0.1) is 68.0 Å². The van der Waals surface area contributed by atoms with Crippen molar-refractivity contribution in [2.75, 3.05) is 118 Å². The first-order chi connectivity index (χ1) is 59.7. The second kappa shape index (κ2) is 37.4. The van der Waals surface area contributed by atoms with Gasteiger partial charge in [0.25, 0.3) is 0 Å². The van der Waals surface area contributed by atoms with Crippen molar-refractivity contribution >= 4 is 29.2 Å². The summed E-state index contributed by atoms with van der Waals surface area (Å²) in [6.45, 7) is 49.8. The van der Waals surface area contributed by atoms with Gasteiger partial charge in [0, 0.05) is 116 Å². The number of morpholine rings is 2. The summed E-state index contributed by atoms with van der Waals surface area (Å²) in [5, 5.41) is 43.0. The lowest BCUT2D eigenvalue weighted by atomic mass is 9.48. The fourth-order valence-electron chi connectivity index (χ4n) is 36.8. The highest BCUT2D eigenvalue weighted by atomic mass is 16.5. The number of piperazine rings is 2. The Labute approximate surface area is 763 Å². The molecule has 0 aromatic carbocycles. The molecule has 0 aromatic heterocycles. The van der Waals surface area contributed by atoms with Crippen molar-refractivity contribution in [3.8, 4) is 0 Å². The number of hydrogen-bond acceptors (Lipinski definition) is 15. The molecule has 0 bridgehead atoms. The molecular weight excluding hydrogens is 1570 g/mol. The van der Waals surface area contributed by atoms with E-state index < -0.39 is 22.4 Å². The molecule has 20 rings (SSSR count). The molecule has 20 aliphatic rings. The Bertz CT molecular complexity index is 3700. The first-order valence-electron chi connectivity index (χ1n) is 53.5. The molecule has 0 radical (unpaired) electrons. The fourth-order valence-corrected chi connectivity index (χ4v) is 36.8. The van der Waals surface area contributed by atoms with E-state index in [-0.39, 0.29) is 51.9 Å². The van der Waals surface area contributed by atoms with Crippen LogP contribution in [-0.2, 0) is 33.4 Å². The Hall–Kier alpha value is -2.71. The number of aliphatic hydroxyl groups is 4. The highest BCUT2D eigenvalue weighted by Crippen LogP contribution is 2.71. The summed E-state index contributed by atoms with van der Waals surface area (Å²) in [4.78, 5) is 77.1. The topological polar surface area (TPSA) is 204 Å². The van der Waals surface area contributed by atoms with E-state index >= 15 is 0 Å². The quantitative estimate of drug-likeness (QED) is 0.134. The predicted octanol–water partition coefficient (Wildman–Crippen LogP) is 17.5. The zero-order chi connectivity index (χ0) is 89.3. The average molecular weight is 1750 g/mol. The highest BCUT2D eigenvalue weighted by molar-refractivity contribution is 5.85. The van der Waals surface area contributed by atoms with Gasteiger partial charge < -0.3 is 39.7 Å². The number of nitrogens with zero attached hydrogens (tertiary/aromatic N) is 6. The maximum Gasteiger partial charge on any atom is 0.219 e. The molecule has 17 nitrogen and oxygen atoms in total. The molecule has 0 aromatic rings. The number of amides is 2. The van der Waals surface area contributed by atoms with Gasteiger partial charge in [0.2, 0.25) is 11.8 Å². The van der Waals surface area contributed by atoms with Crippen LogP contribution in [0, 0.1) is 176 Å². The van der Waals surface area contributed by atoms with E-state index in [2.05, 4.69) is 109 Å². The molecule has 0 unspecified atom stereocenters. The van der Waals surface area contributed by atoms with E-state index in [9.17, 15) is 44.4 Å². The van der Waals surface area contributed by atoms with Crippen molar-refractivity contribution in [1.29, 1.82) is 0 Å². The number of fused-ring (bicyclic) bond motifs is 20. The molecule has 712 valence electrons. The van der Waals surface area contributed by atoms with Crippen molar-refractivity contribution in [3.63, 3.8) is 0 Å². The van der Waals surface area contributed by atoms with Gasteiger partial charge in [-0.3, -0.25) is 43.6 Å². The SMILES string of the molecule is C=C(CN1CCN(C(C)=O)CC1)[C@H]1CC[C@H]2[C@@H]3CC[C@H]4C[C@](C)(O)[C@@H](C)C[C@@H]4[C@H]3CC[C@]12C.CC(=O)N1CCN(CC(=O)[C@H]2CC[C@H]3[C@@H]4CC[C@H]5C[C@](C)(O)[C@H](C)C[C@@H]5[C@H]4CC[C@]23C)CC1.C[C@@H]1CN(CC(=O)[C@H]2CC[C@H]3[C@@H]4CC[C@@H]5C[C@](C)(O)CC[C@@H]5[C@H]4CC[C@]23C)CCO1.C[C@@H]1COCCN1CC(=O)[C@H]1CC[C@H]2[C@@H]3CC[C@@H]4C[C@](C)(O)CC[C@@H]4[C@H]3CC[C@]12C. The lowest BCUT2D eigenvalue weighted by molar-refractivity contribution is -0.138. The van der Waals surface area contributed by atoms with Gasteiger partial charge in [-0.2, -0.15) is 0 Å². The minimum atomic E-state index is -0.488. The van der Waals surface area contributed by atoms with Crippen molar-refractivity contribution in [2.45, 2.75) is 350 Å². The average Bonchev–Trinajstić information content (AvgIpc) is 1.50. The smallest absolute Gasteiger partial charge is 0.219 e. The fraction of sp³-hybridized carbons (Fsp3) is 0.936. The first kappa shape index (κ1) is 95.0. The second-order valence-corrected chi connectivity index (χ2v) is 50.7. The summed E-state index contributed by atoms with van der Waals surface area (Å²) >= 11 is 0. The van der Waals surface area contributed by atoms with Crippen LogP contribution in [0.4, 0.5) is 0 Å². The standard InChI is InChI=1S/C29H48N2O2.C28H46N2O3.2C26H43NO3/c1-19(18-30-12-14-31(15-13-30)21(3)32)26-8-9-27-24-7-6-22-17-29(5,33)20(2)16-25(22)23(24)10-11-28(26,27)4;1-18-15-23-20(16-28(18,4)33)5-6-22-21(23)9-10-27(3)24(22)7-8-25(27)26(32)17-29-11-13-30(14-12-29)19(2)31;1-17-16-30-13-12-27(17)15-24(28)23-7-6-22-21-5-4-18-14-25(2,29)10-8-19(18)20(21)9-11-26(22,23)3;1-17-15-27(12-13-30-17)16-24(28)23-7-6-22-21-5-4-18-14-25(2,29)10-8-19(18)20(21)9-11-26(22,23)3/h20,22-27,33H,1,6-18H2,2-5H3;18,20-25,33H,5-17H2,1-4H3;2*17-23,29H,4-16H2,1-3H3/t20-,22-,23-,24+,25-,26+,27-,28+,29-;18-,20+,21+,22-,23+,24+,25-,27+,28+;2*17-,18-,19+,20-,21-,22+,23-,25-,26+/m0111/s1. The van der Waals surface area contributed by atoms with E-state index in [1.165, 1.54) is 166 Å². The second-order valence-electron chi connectivity index (χ2n) is 50.7. The van der Waals surface area contributed by atoms with Gasteiger partial charge in [0.1, 0.15) is 17.3 Å². The molecule has 16 saturated carbocycles. The number of rotatable bonds is 12. The molecule has 16 aliphatic carbocycles. The Balaban J connectivity index is 0.000000119. The minimum Gasteiger partial charge on any atom is -0.390 e. The molecule has 4 N–H and O–H groups in total. The van der Waals surface area contributed by atoms with Crippen molar-refractivity contribution < 1.29 is 53.9 Å². The van der Waals surface area contributed by atoms with Crippen LogP contribution >= 0.6 is 0 Å². The molecule has 4 aliphatic heterocycles. The number of Topliss-reactive ketones (excluding diaryl/α,β-unsaturated/α-hetero) is 3. The lowest BCUT2D eigenvalue weighted by Gasteiger charge is -2.58. The molecule has 4 saturated heterocycles. The summed E-state index contributed by atoms with van der Waals surface area (Å²) in [6.07, 6.45) is 41.9. The monoisotopic (exact) mass is 1750 g/mol. The summed E-state index contributed by atoms with van der Waals surface area (Å²) in [6, 6.07) is 0.363. The normalized spacial score (nSPS) is 49.8. The zero-order valence-corrected chi connectivity index (χ0v) is 82.0. The number of carbonyl (C=O) groups is 5. The number of ether oxygens (including phenoxy) is 2. The van der Waals surface area contributed by atoms with Gasteiger partial charge >= 0.3 is 0 Å². The van der Waals surface area contributed by atoms with Gasteiger partial charge in [0.15, 0.2) is 0 Å². The molecule has 17 heteroatoms. The van der Waals surface area contributed by atoms with Crippen LogP contribution in [0.15, 0.2) is 12.2 Å². The van der Waals surface area contributed by atoms with Crippen LogP contribution in [0.5, 0.6) is 0 Å². The van der Waals surface area contributed by atoms with E-state index in [0.29, 0.717) is 78.0 Å². The third-order valence-electron chi connectivity index (χ3n) is 43.9. The van der Waals surface area contributed by atoms with Crippen molar-refractivity contribution in [3.05, 3.63) is 12.2 Å². The van der Waals surface area contributed by atoms with Crippen LogP contribution < -0.4 is 0 Å². The predicted molar refractivity (Wildman–Crippen MR) is 499 cm³/mol. The third kappa shape index (κ3) is 18.7. The molecule has 20 fully saturated rings. The van der Waals surface area contributed by atoms with Crippen LogP contribution in [-0.4, -0.2) is 232 Å². The number of hydrogen-bond donors (Lipinski definition) is 4. The molecule has 2 amide bonds. The number of carbonyl (C=O) groups excluding carboxylic acids is 5. The molecule has 4 heterocycles. The van der Waals surface area contributed by atoms with E-state index in [1.807, 2.05) is 9.80 Å². The summed E-state index contributed by atoms with van der Waals surface area (Å²) in [5.74, 6) is 20.2. The van der Waals surface area contributed by atoms with Gasteiger partial charge in [-0.25, -0.2) is 0 Å². The van der Waals surface area contributed by atoms with Gasteiger partial charge in [-0.15, -0.1) is 0 Å². The van der Waals surface area contributed by atoms with Crippen LogP contribution in [0.2, 0.25) is 0 Å². The molecule has 36 atom stereocenters. The Morgan fingerprint density at radius 1 is 0.349 bits per heavy atom. The minimum absolute atomic E-state index is 0.148. The van der Waals surface area contributed by atoms with E-state index in [4.69, 9.17) is 9.47 Å². The van der Waals surface area contributed by atoms with Crippen molar-refractivity contribution in [2.24, 2.45) is 176 Å². The highest BCUT2D eigenvalue weighted by Gasteiger charge is 2.65. The van der Waals surface area contributed by atoms with Gasteiger partial charge in [-0.1, -0.05) is 53.7 Å². The Kier molecular flexibility index (Phi) is 28.2. The van der Waals surface area contributed by atoms with E-state index in [1.54, 1.807) is 13.8 Å². The van der Waals surface area contributed by atoms with Crippen LogP contribution in [0.1, 0.15) is 315 Å². The lowest BCUT2D eigenvalue weighted by Crippen LogP contribution is -2.53. The van der Waals surface area contributed by atoms with Crippen LogP contribution in [0.3, 0.4) is 0 Å². The van der Waals surface area contributed by atoms with Crippen molar-refractivity contribution in [1.82, 2.24) is 29.4 Å². The third-order valence-corrected chi connectivity index (χ3v) is 43.9. The van der Waals surface area contributed by atoms with Gasteiger partial charge in [-0.05, 0) is 418 Å². The summed E-state index contributed by atoms with van der Waals surface area (Å²) < 4.78 is 11.2. The largest absolute Gasteiger partial charge is 0.390 e. The summed E-state index contributed by atoms with van der Waals surface area (Å²) in [5.41, 5.74) is 0.713.